The van der Waals surface area contributed by atoms with E-state index in [1.54, 1.807) is 7.11 Å². The Morgan fingerprint density at radius 2 is 2.05 bits per heavy atom. The van der Waals surface area contributed by atoms with Gasteiger partial charge in [-0.3, -0.25) is 0 Å². The van der Waals surface area contributed by atoms with E-state index < -0.39 is 0 Å². The Morgan fingerprint density at radius 1 is 1.35 bits per heavy atom. The Hall–Kier alpha value is -0.540. The number of hydrogen-bond donors (Lipinski definition) is 0. The van der Waals surface area contributed by atoms with Gasteiger partial charge < -0.3 is 9.47 Å². The fourth-order valence-electron chi connectivity index (χ4n) is 2.91. The molecule has 1 saturated heterocycles. The van der Waals surface area contributed by atoms with Gasteiger partial charge in [0.1, 0.15) is 5.75 Å². The minimum atomic E-state index is 0.0711. The van der Waals surface area contributed by atoms with E-state index in [9.17, 15) is 0 Å². The maximum absolute atomic E-state index is 6.11. The summed E-state index contributed by atoms with van der Waals surface area (Å²) in [7, 11) is 1.70. The molecule has 0 aliphatic carbocycles. The van der Waals surface area contributed by atoms with E-state index in [-0.39, 0.29) is 5.60 Å². The molecule has 2 unspecified atom stereocenters. The van der Waals surface area contributed by atoms with Crippen molar-refractivity contribution in [2.24, 2.45) is 5.92 Å². The van der Waals surface area contributed by atoms with Gasteiger partial charge in [-0.05, 0) is 63.1 Å². The van der Waals surface area contributed by atoms with Crippen LogP contribution in [0.4, 0.5) is 0 Å². The van der Waals surface area contributed by atoms with Crippen LogP contribution in [-0.4, -0.2) is 24.1 Å². The van der Waals surface area contributed by atoms with E-state index in [0.717, 1.165) is 23.9 Å². The van der Waals surface area contributed by atoms with Crippen molar-refractivity contribution < 1.29 is 9.47 Å². The van der Waals surface area contributed by atoms with E-state index in [1.165, 1.54) is 18.4 Å². The van der Waals surface area contributed by atoms with Gasteiger partial charge in [0.25, 0.3) is 0 Å². The topological polar surface area (TPSA) is 18.5 Å². The Labute approximate surface area is 131 Å². The average molecular weight is 341 g/mol. The summed E-state index contributed by atoms with van der Waals surface area (Å²) < 4.78 is 11.3. The van der Waals surface area contributed by atoms with Crippen LogP contribution >= 0.6 is 15.9 Å². The molecule has 3 heteroatoms. The average Bonchev–Trinajstić information content (AvgIpc) is 2.78. The van der Waals surface area contributed by atoms with Crippen LogP contribution in [0.3, 0.4) is 0 Å². The van der Waals surface area contributed by atoms with Crippen molar-refractivity contribution in [1.29, 1.82) is 0 Å². The molecule has 0 N–H and O–H groups in total. The number of rotatable bonds is 6. The monoisotopic (exact) mass is 340 g/mol. The number of methoxy groups -OCH3 is 1. The fourth-order valence-corrected chi connectivity index (χ4v) is 3.40. The summed E-state index contributed by atoms with van der Waals surface area (Å²) in [4.78, 5) is 0. The maximum atomic E-state index is 6.11. The molecule has 0 radical (unpaired) electrons. The summed E-state index contributed by atoms with van der Waals surface area (Å²) in [5.74, 6) is 1.55. The summed E-state index contributed by atoms with van der Waals surface area (Å²) in [6.07, 6.45) is 5.02. The van der Waals surface area contributed by atoms with E-state index in [4.69, 9.17) is 9.47 Å². The summed E-state index contributed by atoms with van der Waals surface area (Å²) in [5, 5.41) is 1.03. The highest BCUT2D eigenvalue weighted by molar-refractivity contribution is 9.09. The molecule has 0 aromatic heterocycles. The van der Waals surface area contributed by atoms with Gasteiger partial charge in [-0.1, -0.05) is 28.1 Å². The van der Waals surface area contributed by atoms with Gasteiger partial charge in [0.2, 0.25) is 0 Å². The third-order valence-electron chi connectivity index (χ3n) is 4.05. The van der Waals surface area contributed by atoms with Crippen LogP contribution in [0, 0.1) is 5.92 Å². The van der Waals surface area contributed by atoms with Crippen molar-refractivity contribution in [1.82, 2.24) is 0 Å². The molecule has 1 aromatic carbocycles. The molecular formula is C17H25BrO2. The second kappa shape index (κ2) is 6.95. The lowest BCUT2D eigenvalue weighted by Gasteiger charge is -2.22. The van der Waals surface area contributed by atoms with Crippen LogP contribution in [-0.2, 0) is 11.2 Å². The summed E-state index contributed by atoms with van der Waals surface area (Å²) in [6.45, 7) is 4.39. The maximum Gasteiger partial charge on any atom is 0.118 e. The number of benzene rings is 1. The molecule has 20 heavy (non-hydrogen) atoms. The molecule has 1 heterocycles. The minimum Gasteiger partial charge on any atom is -0.497 e. The smallest absolute Gasteiger partial charge is 0.118 e. The molecule has 1 aliphatic rings. The zero-order valence-corrected chi connectivity index (χ0v) is 14.3. The van der Waals surface area contributed by atoms with Gasteiger partial charge in [0, 0.05) is 5.33 Å². The van der Waals surface area contributed by atoms with Crippen molar-refractivity contribution >= 4 is 15.9 Å². The first-order valence-electron chi connectivity index (χ1n) is 7.39. The molecule has 1 aliphatic heterocycles. The Kier molecular flexibility index (Phi) is 5.50. The van der Waals surface area contributed by atoms with Crippen molar-refractivity contribution in [2.75, 3.05) is 12.4 Å². The lowest BCUT2D eigenvalue weighted by Crippen LogP contribution is -2.22. The number of alkyl halides is 1. The molecule has 2 rings (SSSR count). The van der Waals surface area contributed by atoms with Crippen LogP contribution in [0.25, 0.3) is 0 Å². The summed E-state index contributed by atoms with van der Waals surface area (Å²) in [6, 6.07) is 8.40. The highest BCUT2D eigenvalue weighted by Gasteiger charge is 2.32. The zero-order valence-electron chi connectivity index (χ0n) is 12.7. The Balaban J connectivity index is 1.88. The van der Waals surface area contributed by atoms with Gasteiger partial charge in [0.05, 0.1) is 18.8 Å². The highest BCUT2D eigenvalue weighted by atomic mass is 79.9. The molecule has 1 aromatic rings. The minimum absolute atomic E-state index is 0.0711. The molecule has 0 saturated carbocycles. The van der Waals surface area contributed by atoms with Gasteiger partial charge in [-0.2, -0.15) is 0 Å². The lowest BCUT2D eigenvalue weighted by molar-refractivity contribution is -0.0233. The quantitative estimate of drug-likeness (QED) is 0.704. The molecule has 2 nitrogen and oxygen atoms in total. The zero-order chi connectivity index (χ0) is 14.6. The van der Waals surface area contributed by atoms with Gasteiger partial charge in [0.15, 0.2) is 0 Å². The van der Waals surface area contributed by atoms with Crippen molar-refractivity contribution in [3.8, 4) is 5.75 Å². The van der Waals surface area contributed by atoms with Crippen LogP contribution < -0.4 is 4.74 Å². The largest absolute Gasteiger partial charge is 0.497 e. The lowest BCUT2D eigenvalue weighted by atomic mass is 9.94. The standard InChI is InChI=1S/C17H25BrO2/c1-17(2)9-8-16(20-17)11-14(12-18)10-13-4-6-15(19-3)7-5-13/h4-7,14,16H,8-12H2,1-3H3. The van der Waals surface area contributed by atoms with E-state index >= 15 is 0 Å². The molecule has 1 fully saturated rings. The second-order valence-electron chi connectivity index (χ2n) is 6.35. The molecule has 0 spiro atoms. The SMILES string of the molecule is COc1ccc(CC(CBr)CC2CCC(C)(C)O2)cc1. The molecule has 0 amide bonds. The Bertz CT molecular complexity index is 414. The molecule has 112 valence electrons. The van der Waals surface area contributed by atoms with E-state index in [0.29, 0.717) is 12.0 Å². The number of halogens is 1. The highest BCUT2D eigenvalue weighted by Crippen LogP contribution is 2.33. The Morgan fingerprint density at radius 3 is 2.55 bits per heavy atom. The molecule has 2 atom stereocenters. The predicted octanol–water partition coefficient (Wildman–Crippen LogP) is 4.60. The predicted molar refractivity (Wildman–Crippen MR) is 86.8 cm³/mol. The van der Waals surface area contributed by atoms with Crippen molar-refractivity contribution in [3.05, 3.63) is 29.8 Å². The molecular weight excluding hydrogens is 316 g/mol. The van der Waals surface area contributed by atoms with Crippen LogP contribution in [0.15, 0.2) is 24.3 Å². The number of ether oxygens (including phenoxy) is 2. The fraction of sp³-hybridized carbons (Fsp3) is 0.647. The first kappa shape index (κ1) is 15.8. The van der Waals surface area contributed by atoms with Gasteiger partial charge >= 0.3 is 0 Å². The van der Waals surface area contributed by atoms with Gasteiger partial charge in [-0.15, -0.1) is 0 Å². The second-order valence-corrected chi connectivity index (χ2v) is 6.99. The van der Waals surface area contributed by atoms with E-state index in [1.807, 2.05) is 12.1 Å². The van der Waals surface area contributed by atoms with Gasteiger partial charge in [-0.25, -0.2) is 0 Å². The third kappa shape index (κ3) is 4.49. The van der Waals surface area contributed by atoms with Crippen molar-refractivity contribution in [2.45, 2.75) is 51.2 Å². The summed E-state index contributed by atoms with van der Waals surface area (Å²) in [5.41, 5.74) is 1.44. The third-order valence-corrected chi connectivity index (χ3v) is 4.97. The normalized spacial score (nSPS) is 22.7. The van der Waals surface area contributed by atoms with Crippen LogP contribution in [0.1, 0.15) is 38.7 Å². The first-order chi connectivity index (χ1) is 9.52. The van der Waals surface area contributed by atoms with Crippen LogP contribution in [0.2, 0.25) is 0 Å². The molecule has 0 bridgehead atoms. The number of hydrogen-bond acceptors (Lipinski definition) is 2. The van der Waals surface area contributed by atoms with Crippen LogP contribution in [0.5, 0.6) is 5.75 Å². The van der Waals surface area contributed by atoms with E-state index in [2.05, 4.69) is 41.9 Å². The first-order valence-corrected chi connectivity index (χ1v) is 8.51. The van der Waals surface area contributed by atoms with Crippen molar-refractivity contribution in [3.63, 3.8) is 0 Å². The summed E-state index contributed by atoms with van der Waals surface area (Å²) >= 11 is 3.66.